The zero-order chi connectivity index (χ0) is 16.8. The van der Waals surface area contributed by atoms with Crippen LogP contribution in [0.3, 0.4) is 0 Å². The molecule has 24 heavy (non-hydrogen) atoms. The summed E-state index contributed by atoms with van der Waals surface area (Å²) >= 11 is 0. The molecule has 3 heteroatoms. The van der Waals surface area contributed by atoms with Gasteiger partial charge in [0.15, 0.2) is 0 Å². The Hall–Kier alpha value is -2.13. The van der Waals surface area contributed by atoms with E-state index in [0.717, 1.165) is 30.5 Å². The summed E-state index contributed by atoms with van der Waals surface area (Å²) in [6.45, 7) is 4.23. The maximum Gasteiger partial charge on any atom is 0.234 e. The number of benzene rings is 2. The molecule has 0 radical (unpaired) electrons. The Morgan fingerprint density at radius 1 is 1.08 bits per heavy atom. The number of amides is 1. The van der Waals surface area contributed by atoms with Crippen LogP contribution in [0.25, 0.3) is 0 Å². The third-order valence-corrected chi connectivity index (χ3v) is 4.60. The first-order valence-electron chi connectivity index (χ1n) is 8.80. The van der Waals surface area contributed by atoms with Crippen LogP contribution >= 0.6 is 0 Å². The van der Waals surface area contributed by atoms with Crippen LogP contribution in [0, 0.1) is 0 Å². The van der Waals surface area contributed by atoms with Crippen LogP contribution in [0.15, 0.2) is 60.7 Å². The molecular formula is C21H25NO2. The normalized spacial score (nSPS) is 17.9. The predicted octanol–water partition coefficient (Wildman–Crippen LogP) is 3.85. The Balaban J connectivity index is 1.87. The number of rotatable bonds is 5. The molecule has 3 rings (SSSR count). The molecule has 1 heterocycles. The first-order chi connectivity index (χ1) is 11.8. The van der Waals surface area contributed by atoms with Crippen LogP contribution < -0.4 is 0 Å². The van der Waals surface area contributed by atoms with Crippen molar-refractivity contribution in [3.63, 3.8) is 0 Å². The van der Waals surface area contributed by atoms with E-state index in [1.54, 1.807) is 0 Å². The van der Waals surface area contributed by atoms with Gasteiger partial charge in [0, 0.05) is 19.7 Å². The second kappa shape index (κ2) is 8.11. The van der Waals surface area contributed by atoms with E-state index in [1.807, 2.05) is 72.5 Å². The molecule has 0 aromatic heterocycles. The number of hydrogen-bond acceptors (Lipinski definition) is 2. The molecule has 0 saturated carbocycles. The third kappa shape index (κ3) is 3.85. The lowest BCUT2D eigenvalue weighted by molar-refractivity contribution is -0.135. The Kier molecular flexibility index (Phi) is 5.65. The summed E-state index contributed by atoms with van der Waals surface area (Å²) in [6.07, 6.45) is 2.21. The Bertz CT molecular complexity index is 600. The van der Waals surface area contributed by atoms with Gasteiger partial charge in [-0.25, -0.2) is 0 Å². The molecule has 3 nitrogen and oxygen atoms in total. The molecule has 2 aromatic rings. The molecule has 1 amide bonds. The highest BCUT2D eigenvalue weighted by Crippen LogP contribution is 2.28. The fourth-order valence-electron chi connectivity index (χ4n) is 3.46. The van der Waals surface area contributed by atoms with Crippen molar-refractivity contribution < 1.29 is 9.53 Å². The standard InChI is InChI=1S/C21H25NO2/c1-2-24-19-14-9-15-22(16-19)21(23)20(17-10-5-3-6-11-17)18-12-7-4-8-13-18/h3-8,10-13,19-20H,2,9,14-16H2,1H3. The molecule has 1 saturated heterocycles. The van der Waals surface area contributed by atoms with Crippen molar-refractivity contribution in [2.45, 2.75) is 31.8 Å². The zero-order valence-electron chi connectivity index (χ0n) is 14.2. The summed E-state index contributed by atoms with van der Waals surface area (Å²) in [4.78, 5) is 15.3. The Morgan fingerprint density at radius 3 is 2.21 bits per heavy atom. The van der Waals surface area contributed by atoms with E-state index in [2.05, 4.69) is 0 Å². The van der Waals surface area contributed by atoms with Crippen LogP contribution in [-0.2, 0) is 9.53 Å². The van der Waals surface area contributed by atoms with Crippen molar-refractivity contribution in [2.24, 2.45) is 0 Å². The van der Waals surface area contributed by atoms with Crippen molar-refractivity contribution in [2.75, 3.05) is 19.7 Å². The highest BCUT2D eigenvalue weighted by atomic mass is 16.5. The minimum atomic E-state index is -0.243. The highest BCUT2D eigenvalue weighted by Gasteiger charge is 2.31. The van der Waals surface area contributed by atoms with Crippen LogP contribution in [-0.4, -0.2) is 36.6 Å². The summed E-state index contributed by atoms with van der Waals surface area (Å²) in [7, 11) is 0. The summed E-state index contributed by atoms with van der Waals surface area (Å²) in [5.74, 6) is -0.0652. The monoisotopic (exact) mass is 323 g/mol. The fourth-order valence-corrected chi connectivity index (χ4v) is 3.46. The second-order valence-corrected chi connectivity index (χ2v) is 6.26. The van der Waals surface area contributed by atoms with Gasteiger partial charge < -0.3 is 9.64 Å². The number of likely N-dealkylation sites (tertiary alicyclic amines) is 1. The van der Waals surface area contributed by atoms with Gasteiger partial charge in [-0.15, -0.1) is 0 Å². The SMILES string of the molecule is CCOC1CCCN(C(=O)C(c2ccccc2)c2ccccc2)C1. The highest BCUT2D eigenvalue weighted by molar-refractivity contribution is 5.87. The number of carbonyl (C=O) groups is 1. The fraction of sp³-hybridized carbons (Fsp3) is 0.381. The second-order valence-electron chi connectivity index (χ2n) is 6.26. The van der Waals surface area contributed by atoms with Gasteiger partial charge in [-0.05, 0) is 30.9 Å². The number of piperidine rings is 1. The lowest BCUT2D eigenvalue weighted by Crippen LogP contribution is -2.45. The average molecular weight is 323 g/mol. The van der Waals surface area contributed by atoms with Gasteiger partial charge in [-0.3, -0.25) is 4.79 Å². The number of hydrogen-bond donors (Lipinski definition) is 0. The first kappa shape index (κ1) is 16.7. The van der Waals surface area contributed by atoms with Gasteiger partial charge in [0.2, 0.25) is 5.91 Å². The van der Waals surface area contributed by atoms with Crippen LogP contribution in [0.4, 0.5) is 0 Å². The van der Waals surface area contributed by atoms with Gasteiger partial charge in [-0.2, -0.15) is 0 Å². The van der Waals surface area contributed by atoms with Crippen LogP contribution in [0.1, 0.15) is 36.8 Å². The minimum Gasteiger partial charge on any atom is -0.377 e. The van der Waals surface area contributed by atoms with E-state index in [-0.39, 0.29) is 17.9 Å². The van der Waals surface area contributed by atoms with Crippen LogP contribution in [0.2, 0.25) is 0 Å². The third-order valence-electron chi connectivity index (χ3n) is 4.60. The molecule has 2 aromatic carbocycles. The molecule has 0 N–H and O–H groups in total. The molecule has 0 aliphatic carbocycles. The lowest BCUT2D eigenvalue weighted by Gasteiger charge is -2.35. The van der Waals surface area contributed by atoms with Crippen molar-refractivity contribution in [3.05, 3.63) is 71.8 Å². The average Bonchev–Trinajstić information content (AvgIpc) is 2.64. The molecule has 0 spiro atoms. The smallest absolute Gasteiger partial charge is 0.234 e. The molecule has 1 aliphatic rings. The molecule has 0 bridgehead atoms. The van der Waals surface area contributed by atoms with Gasteiger partial charge in [-0.1, -0.05) is 60.7 Å². The molecule has 126 valence electrons. The summed E-state index contributed by atoms with van der Waals surface area (Å²) < 4.78 is 5.76. The number of ether oxygens (including phenoxy) is 1. The van der Waals surface area contributed by atoms with E-state index in [0.29, 0.717) is 13.2 Å². The van der Waals surface area contributed by atoms with Crippen molar-refractivity contribution in [1.82, 2.24) is 4.90 Å². The van der Waals surface area contributed by atoms with Crippen LogP contribution in [0.5, 0.6) is 0 Å². The maximum absolute atomic E-state index is 13.3. The van der Waals surface area contributed by atoms with E-state index in [4.69, 9.17) is 4.74 Å². The molecule has 1 aliphatic heterocycles. The zero-order valence-corrected chi connectivity index (χ0v) is 14.2. The Morgan fingerprint density at radius 2 is 1.67 bits per heavy atom. The van der Waals surface area contributed by atoms with Gasteiger partial charge >= 0.3 is 0 Å². The summed E-state index contributed by atoms with van der Waals surface area (Å²) in [5.41, 5.74) is 2.10. The first-order valence-corrected chi connectivity index (χ1v) is 8.80. The largest absolute Gasteiger partial charge is 0.377 e. The molecule has 1 unspecified atom stereocenters. The number of carbonyl (C=O) groups excluding carboxylic acids is 1. The van der Waals surface area contributed by atoms with E-state index in [9.17, 15) is 4.79 Å². The quantitative estimate of drug-likeness (QED) is 0.836. The summed E-state index contributed by atoms with van der Waals surface area (Å²) in [5, 5.41) is 0. The van der Waals surface area contributed by atoms with Gasteiger partial charge in [0.25, 0.3) is 0 Å². The number of nitrogens with zero attached hydrogens (tertiary/aromatic N) is 1. The van der Waals surface area contributed by atoms with Gasteiger partial charge in [0.05, 0.1) is 12.0 Å². The molecule has 1 atom stereocenters. The lowest BCUT2D eigenvalue weighted by atomic mass is 9.89. The maximum atomic E-state index is 13.3. The van der Waals surface area contributed by atoms with Crippen molar-refractivity contribution in [3.8, 4) is 0 Å². The summed E-state index contributed by atoms with van der Waals surface area (Å²) in [6, 6.07) is 20.1. The van der Waals surface area contributed by atoms with Crippen molar-refractivity contribution >= 4 is 5.91 Å². The van der Waals surface area contributed by atoms with Crippen molar-refractivity contribution in [1.29, 1.82) is 0 Å². The van der Waals surface area contributed by atoms with E-state index < -0.39 is 0 Å². The molecule has 1 fully saturated rings. The van der Waals surface area contributed by atoms with E-state index >= 15 is 0 Å². The minimum absolute atomic E-state index is 0.167. The topological polar surface area (TPSA) is 29.5 Å². The van der Waals surface area contributed by atoms with E-state index in [1.165, 1.54) is 0 Å². The predicted molar refractivity (Wildman–Crippen MR) is 96.0 cm³/mol. The van der Waals surface area contributed by atoms with Gasteiger partial charge in [0.1, 0.15) is 0 Å². The molecular weight excluding hydrogens is 298 g/mol. The Labute approximate surface area is 144 Å².